The van der Waals surface area contributed by atoms with Gasteiger partial charge in [-0.05, 0) is 53.3 Å². The molecule has 0 aromatic heterocycles. The maximum absolute atomic E-state index is 12.6. The first-order valence-corrected chi connectivity index (χ1v) is 7.33. The topological polar surface area (TPSA) is 26.3 Å². The molecule has 0 aliphatic rings. The number of ketones is 1. The van der Waals surface area contributed by atoms with Crippen LogP contribution in [0.4, 0.5) is 0 Å². The number of benzene rings is 2. The Morgan fingerprint density at radius 1 is 1.05 bits per heavy atom. The van der Waals surface area contributed by atoms with Crippen LogP contribution in [-0.2, 0) is 0 Å². The summed E-state index contributed by atoms with van der Waals surface area (Å²) >= 11 is 2.18. The quantitative estimate of drug-likeness (QED) is 0.582. The predicted molar refractivity (Wildman–Crippen MR) is 84.8 cm³/mol. The number of hydrogen-bond donors (Lipinski definition) is 0. The van der Waals surface area contributed by atoms with Gasteiger partial charge in [0.05, 0.1) is 12.2 Å². The molecule has 0 fully saturated rings. The molecule has 2 aromatic rings. The molecule has 0 amide bonds. The van der Waals surface area contributed by atoms with E-state index in [1.807, 2.05) is 55.5 Å². The Hall–Kier alpha value is -1.36. The number of carbonyl (C=O) groups is 1. The van der Waals surface area contributed by atoms with Crippen molar-refractivity contribution in [1.29, 1.82) is 0 Å². The highest BCUT2D eigenvalue weighted by Gasteiger charge is 2.16. The van der Waals surface area contributed by atoms with Crippen LogP contribution in [0.3, 0.4) is 0 Å². The van der Waals surface area contributed by atoms with Crippen LogP contribution in [0.2, 0.25) is 0 Å². The molecule has 2 aromatic carbocycles. The van der Waals surface area contributed by atoms with Crippen molar-refractivity contribution in [2.45, 2.75) is 13.3 Å². The Bertz CT molecular complexity index is 578. The normalized spacial score (nSPS) is 10.2. The summed E-state index contributed by atoms with van der Waals surface area (Å²) in [7, 11) is 0. The molecular weight excluding hydrogens is 351 g/mol. The van der Waals surface area contributed by atoms with Crippen molar-refractivity contribution in [2.75, 3.05) is 6.61 Å². The monoisotopic (exact) mass is 366 g/mol. The highest BCUT2D eigenvalue weighted by Crippen LogP contribution is 2.23. The number of ether oxygens (including phenoxy) is 1. The zero-order chi connectivity index (χ0) is 13.7. The van der Waals surface area contributed by atoms with Gasteiger partial charge in [0.2, 0.25) is 0 Å². The molecule has 0 aliphatic carbocycles. The van der Waals surface area contributed by atoms with Gasteiger partial charge in [-0.2, -0.15) is 0 Å². The highest BCUT2D eigenvalue weighted by atomic mass is 127. The lowest BCUT2D eigenvalue weighted by Crippen LogP contribution is -2.07. The molecule has 2 rings (SSSR count). The third kappa shape index (κ3) is 3.35. The van der Waals surface area contributed by atoms with Crippen molar-refractivity contribution in [2.24, 2.45) is 0 Å². The first-order valence-electron chi connectivity index (χ1n) is 6.25. The smallest absolute Gasteiger partial charge is 0.197 e. The van der Waals surface area contributed by atoms with Crippen LogP contribution < -0.4 is 4.74 Å². The van der Waals surface area contributed by atoms with E-state index in [4.69, 9.17) is 4.74 Å². The van der Waals surface area contributed by atoms with E-state index in [-0.39, 0.29) is 5.78 Å². The van der Waals surface area contributed by atoms with Crippen LogP contribution in [-0.4, -0.2) is 12.4 Å². The zero-order valence-electron chi connectivity index (χ0n) is 10.7. The molecule has 0 saturated heterocycles. The third-order valence-electron chi connectivity index (χ3n) is 2.71. The average Bonchev–Trinajstić information content (AvgIpc) is 2.45. The second kappa shape index (κ2) is 6.70. The van der Waals surface area contributed by atoms with E-state index in [0.717, 1.165) is 15.6 Å². The minimum Gasteiger partial charge on any atom is -0.493 e. The lowest BCUT2D eigenvalue weighted by molar-refractivity contribution is 0.103. The number of carbonyl (C=O) groups excluding carboxylic acids is 1. The van der Waals surface area contributed by atoms with Crippen molar-refractivity contribution < 1.29 is 9.53 Å². The summed E-state index contributed by atoms with van der Waals surface area (Å²) in [6.07, 6.45) is 0.922. The van der Waals surface area contributed by atoms with E-state index in [2.05, 4.69) is 22.6 Å². The molecule has 0 atom stereocenters. The highest BCUT2D eigenvalue weighted by molar-refractivity contribution is 14.1. The average molecular weight is 366 g/mol. The van der Waals surface area contributed by atoms with Crippen LogP contribution in [0.15, 0.2) is 48.5 Å². The van der Waals surface area contributed by atoms with Gasteiger partial charge in [0, 0.05) is 9.13 Å². The largest absolute Gasteiger partial charge is 0.493 e. The van der Waals surface area contributed by atoms with Gasteiger partial charge in [-0.15, -0.1) is 0 Å². The van der Waals surface area contributed by atoms with Gasteiger partial charge >= 0.3 is 0 Å². The van der Waals surface area contributed by atoms with Crippen LogP contribution in [0.5, 0.6) is 5.75 Å². The molecule has 0 heterocycles. The Morgan fingerprint density at radius 2 is 1.68 bits per heavy atom. The summed E-state index contributed by atoms with van der Waals surface area (Å²) in [5.41, 5.74) is 1.34. The second-order valence-electron chi connectivity index (χ2n) is 4.15. The third-order valence-corrected chi connectivity index (χ3v) is 3.65. The maximum atomic E-state index is 12.6. The van der Waals surface area contributed by atoms with Gasteiger partial charge in [0.25, 0.3) is 0 Å². The zero-order valence-corrected chi connectivity index (χ0v) is 12.9. The predicted octanol–water partition coefficient (Wildman–Crippen LogP) is 4.31. The fraction of sp³-hybridized carbons (Fsp3) is 0.188. The van der Waals surface area contributed by atoms with Crippen molar-refractivity contribution in [3.05, 3.63) is 63.2 Å². The minimum absolute atomic E-state index is 0.0108. The van der Waals surface area contributed by atoms with Crippen molar-refractivity contribution in [3.63, 3.8) is 0 Å². The molecule has 98 valence electrons. The fourth-order valence-electron chi connectivity index (χ4n) is 1.78. The van der Waals surface area contributed by atoms with Gasteiger partial charge in [-0.3, -0.25) is 4.79 Å². The molecule has 19 heavy (non-hydrogen) atoms. The van der Waals surface area contributed by atoms with Crippen molar-refractivity contribution >= 4 is 28.4 Å². The summed E-state index contributed by atoms with van der Waals surface area (Å²) in [4.78, 5) is 12.6. The molecular formula is C16H15IO2. The van der Waals surface area contributed by atoms with E-state index in [1.165, 1.54) is 0 Å². The Morgan fingerprint density at radius 3 is 2.37 bits per heavy atom. The molecule has 0 N–H and O–H groups in total. The molecule has 0 bridgehead atoms. The van der Waals surface area contributed by atoms with Crippen LogP contribution in [0.25, 0.3) is 0 Å². The molecule has 0 unspecified atom stereocenters. The number of para-hydroxylation sites is 1. The maximum Gasteiger partial charge on any atom is 0.197 e. The van der Waals surface area contributed by atoms with E-state index >= 15 is 0 Å². The standard InChI is InChI=1S/C16H15IO2/c1-2-11-19-15-10-6-4-8-13(15)16(18)12-7-3-5-9-14(12)17/h3-10H,2,11H2,1H3. The molecule has 0 aliphatic heterocycles. The minimum atomic E-state index is 0.0108. The Labute approximate surface area is 126 Å². The van der Waals surface area contributed by atoms with Gasteiger partial charge in [0.1, 0.15) is 5.75 Å². The van der Waals surface area contributed by atoms with E-state index in [9.17, 15) is 4.79 Å². The molecule has 0 radical (unpaired) electrons. The summed E-state index contributed by atoms with van der Waals surface area (Å²) < 4.78 is 6.60. The van der Waals surface area contributed by atoms with Crippen molar-refractivity contribution in [1.82, 2.24) is 0 Å². The number of rotatable bonds is 5. The summed E-state index contributed by atoms with van der Waals surface area (Å²) in [5, 5.41) is 0. The first kappa shape index (κ1) is 14.1. The summed E-state index contributed by atoms with van der Waals surface area (Å²) in [6, 6.07) is 15.0. The number of halogens is 1. The van der Waals surface area contributed by atoms with E-state index in [1.54, 1.807) is 0 Å². The lowest BCUT2D eigenvalue weighted by atomic mass is 10.0. The van der Waals surface area contributed by atoms with Gasteiger partial charge < -0.3 is 4.74 Å². The van der Waals surface area contributed by atoms with Gasteiger partial charge in [-0.1, -0.05) is 31.2 Å². The van der Waals surface area contributed by atoms with Gasteiger partial charge in [-0.25, -0.2) is 0 Å². The Kier molecular flexibility index (Phi) is 4.96. The van der Waals surface area contributed by atoms with Crippen molar-refractivity contribution in [3.8, 4) is 5.75 Å². The fourth-order valence-corrected chi connectivity index (χ4v) is 2.41. The first-order chi connectivity index (χ1) is 9.24. The molecule has 0 saturated carbocycles. The van der Waals surface area contributed by atoms with Crippen LogP contribution in [0, 0.1) is 3.57 Å². The summed E-state index contributed by atoms with van der Waals surface area (Å²) in [5.74, 6) is 0.672. The lowest BCUT2D eigenvalue weighted by Gasteiger charge is -2.10. The summed E-state index contributed by atoms with van der Waals surface area (Å²) in [6.45, 7) is 2.67. The number of hydrogen-bond acceptors (Lipinski definition) is 2. The van der Waals surface area contributed by atoms with E-state index < -0.39 is 0 Å². The molecule has 3 heteroatoms. The second-order valence-corrected chi connectivity index (χ2v) is 5.32. The van der Waals surface area contributed by atoms with E-state index in [0.29, 0.717) is 17.9 Å². The molecule has 0 spiro atoms. The van der Waals surface area contributed by atoms with Crippen LogP contribution in [0.1, 0.15) is 29.3 Å². The van der Waals surface area contributed by atoms with Crippen LogP contribution >= 0.6 is 22.6 Å². The SMILES string of the molecule is CCCOc1ccccc1C(=O)c1ccccc1I. The Balaban J connectivity index is 2.36. The van der Waals surface area contributed by atoms with Gasteiger partial charge in [0.15, 0.2) is 5.78 Å². The molecule has 2 nitrogen and oxygen atoms in total.